The van der Waals surface area contributed by atoms with E-state index in [-0.39, 0.29) is 19.1 Å². The highest BCUT2D eigenvalue weighted by Gasteiger charge is 2.18. The Balaban J connectivity index is 1.93. The summed E-state index contributed by atoms with van der Waals surface area (Å²) in [6, 6.07) is 13.2. The van der Waals surface area contributed by atoms with Crippen LogP contribution < -0.4 is 10.6 Å². The number of aliphatic hydroxyl groups is 1. The fourth-order valence-corrected chi connectivity index (χ4v) is 2.43. The lowest BCUT2D eigenvalue weighted by molar-refractivity contribution is -0.122. The minimum Gasteiger partial charge on any atom is -0.392 e. The van der Waals surface area contributed by atoms with Crippen molar-refractivity contribution in [1.82, 2.24) is 10.6 Å². The Hall–Kier alpha value is -2.37. The third kappa shape index (κ3) is 4.57. The van der Waals surface area contributed by atoms with Gasteiger partial charge < -0.3 is 15.7 Å². The number of carbonyl (C=O) groups excluding carboxylic acids is 2. The lowest BCUT2D eigenvalue weighted by Gasteiger charge is -2.15. The van der Waals surface area contributed by atoms with Crippen LogP contribution in [0.3, 0.4) is 0 Å². The molecule has 1 unspecified atom stereocenters. The van der Waals surface area contributed by atoms with Crippen molar-refractivity contribution in [3.8, 4) is 0 Å². The molecule has 2 rings (SSSR count). The van der Waals surface area contributed by atoms with Gasteiger partial charge in [-0.25, -0.2) is 0 Å². The van der Waals surface area contributed by atoms with E-state index in [1.807, 2.05) is 18.2 Å². The van der Waals surface area contributed by atoms with E-state index in [9.17, 15) is 14.7 Å². The van der Waals surface area contributed by atoms with Crippen molar-refractivity contribution in [3.05, 3.63) is 70.2 Å². The van der Waals surface area contributed by atoms with E-state index >= 15 is 0 Å². The molecule has 24 heavy (non-hydrogen) atoms. The van der Waals surface area contributed by atoms with Gasteiger partial charge in [-0.3, -0.25) is 9.59 Å². The SMILES string of the molecule is CC(NC(=O)c1ccccc1Cl)C(=O)NCc1ccccc1CO. The van der Waals surface area contributed by atoms with E-state index in [0.717, 1.165) is 11.1 Å². The molecular weight excluding hydrogens is 328 g/mol. The molecule has 0 aromatic heterocycles. The van der Waals surface area contributed by atoms with Crippen LogP contribution in [0.5, 0.6) is 0 Å². The van der Waals surface area contributed by atoms with E-state index in [1.54, 1.807) is 37.3 Å². The maximum Gasteiger partial charge on any atom is 0.253 e. The number of carbonyl (C=O) groups is 2. The highest BCUT2D eigenvalue weighted by atomic mass is 35.5. The van der Waals surface area contributed by atoms with Crippen molar-refractivity contribution in [2.75, 3.05) is 0 Å². The van der Waals surface area contributed by atoms with Crippen molar-refractivity contribution in [2.45, 2.75) is 26.1 Å². The van der Waals surface area contributed by atoms with Crippen LogP contribution in [0.4, 0.5) is 0 Å². The molecule has 0 saturated heterocycles. The first-order chi connectivity index (χ1) is 11.5. The topological polar surface area (TPSA) is 78.4 Å². The zero-order valence-corrected chi connectivity index (χ0v) is 14.0. The molecule has 3 N–H and O–H groups in total. The molecule has 0 fully saturated rings. The average molecular weight is 347 g/mol. The number of halogens is 1. The molecule has 2 aromatic rings. The van der Waals surface area contributed by atoms with Gasteiger partial charge in [-0.05, 0) is 30.2 Å². The van der Waals surface area contributed by atoms with Crippen molar-refractivity contribution >= 4 is 23.4 Å². The van der Waals surface area contributed by atoms with Gasteiger partial charge in [-0.15, -0.1) is 0 Å². The summed E-state index contributed by atoms with van der Waals surface area (Å²) in [5.74, 6) is -0.720. The molecular formula is C18H19ClN2O3. The lowest BCUT2D eigenvalue weighted by atomic mass is 10.1. The van der Waals surface area contributed by atoms with Crippen LogP contribution in [0.2, 0.25) is 5.02 Å². The van der Waals surface area contributed by atoms with Gasteiger partial charge in [0, 0.05) is 6.54 Å². The van der Waals surface area contributed by atoms with E-state index in [4.69, 9.17) is 11.6 Å². The number of aliphatic hydroxyl groups excluding tert-OH is 1. The third-order valence-electron chi connectivity index (χ3n) is 3.60. The maximum atomic E-state index is 12.1. The van der Waals surface area contributed by atoms with Crippen LogP contribution in [0, 0.1) is 0 Å². The number of rotatable bonds is 6. The molecule has 0 radical (unpaired) electrons. The second-order valence-electron chi connectivity index (χ2n) is 5.32. The number of hydrogen-bond donors (Lipinski definition) is 3. The molecule has 0 heterocycles. The second-order valence-corrected chi connectivity index (χ2v) is 5.73. The molecule has 0 saturated carbocycles. The van der Waals surface area contributed by atoms with Gasteiger partial charge in [0.1, 0.15) is 6.04 Å². The van der Waals surface area contributed by atoms with Crippen LogP contribution in [-0.2, 0) is 17.9 Å². The molecule has 6 heteroatoms. The van der Waals surface area contributed by atoms with E-state index in [0.29, 0.717) is 10.6 Å². The van der Waals surface area contributed by atoms with Crippen molar-refractivity contribution in [2.24, 2.45) is 0 Å². The Morgan fingerprint density at radius 3 is 2.38 bits per heavy atom. The molecule has 0 aliphatic carbocycles. The standard InChI is InChI=1S/C18H19ClN2O3/c1-12(21-18(24)15-8-4-5-9-16(15)19)17(23)20-10-13-6-2-3-7-14(13)11-22/h2-9,12,22H,10-11H2,1H3,(H,20,23)(H,21,24). The van der Waals surface area contributed by atoms with E-state index < -0.39 is 11.9 Å². The summed E-state index contributed by atoms with van der Waals surface area (Å²) in [6.45, 7) is 1.79. The van der Waals surface area contributed by atoms with Gasteiger partial charge in [-0.1, -0.05) is 48.0 Å². The highest BCUT2D eigenvalue weighted by Crippen LogP contribution is 2.14. The predicted molar refractivity (Wildman–Crippen MR) is 92.6 cm³/mol. The summed E-state index contributed by atoms with van der Waals surface area (Å²) < 4.78 is 0. The molecule has 126 valence electrons. The lowest BCUT2D eigenvalue weighted by Crippen LogP contribution is -2.44. The van der Waals surface area contributed by atoms with Gasteiger partial charge in [0.05, 0.1) is 17.2 Å². The monoisotopic (exact) mass is 346 g/mol. The van der Waals surface area contributed by atoms with Crippen LogP contribution in [0.1, 0.15) is 28.4 Å². The molecule has 2 amide bonds. The first kappa shape index (κ1) is 18.0. The van der Waals surface area contributed by atoms with Crippen molar-refractivity contribution in [1.29, 1.82) is 0 Å². The minimum atomic E-state index is -0.713. The summed E-state index contributed by atoms with van der Waals surface area (Å²) in [7, 11) is 0. The number of hydrogen-bond acceptors (Lipinski definition) is 3. The Labute approximate surface area is 145 Å². The molecule has 0 bridgehead atoms. The number of benzene rings is 2. The fraction of sp³-hybridized carbons (Fsp3) is 0.222. The maximum absolute atomic E-state index is 12.1. The molecule has 0 aliphatic heterocycles. The Bertz CT molecular complexity index is 734. The first-order valence-corrected chi connectivity index (χ1v) is 7.91. The number of nitrogens with one attached hydrogen (secondary N) is 2. The zero-order valence-electron chi connectivity index (χ0n) is 13.3. The van der Waals surface area contributed by atoms with Crippen LogP contribution in [0.15, 0.2) is 48.5 Å². The molecule has 2 aromatic carbocycles. The van der Waals surface area contributed by atoms with Gasteiger partial charge in [0.25, 0.3) is 5.91 Å². The number of amides is 2. The van der Waals surface area contributed by atoms with Crippen LogP contribution in [-0.4, -0.2) is 23.0 Å². The average Bonchev–Trinajstić information content (AvgIpc) is 2.60. The van der Waals surface area contributed by atoms with Crippen LogP contribution in [0.25, 0.3) is 0 Å². The summed E-state index contributed by atoms with van der Waals surface area (Å²) >= 11 is 5.97. The summed E-state index contributed by atoms with van der Waals surface area (Å²) in [6.07, 6.45) is 0. The molecule has 5 nitrogen and oxygen atoms in total. The van der Waals surface area contributed by atoms with Crippen molar-refractivity contribution in [3.63, 3.8) is 0 Å². The smallest absolute Gasteiger partial charge is 0.253 e. The Morgan fingerprint density at radius 2 is 1.71 bits per heavy atom. The molecule has 0 aliphatic rings. The quantitative estimate of drug-likeness (QED) is 0.750. The van der Waals surface area contributed by atoms with Gasteiger partial charge in [0.2, 0.25) is 5.91 Å². The van der Waals surface area contributed by atoms with Crippen molar-refractivity contribution < 1.29 is 14.7 Å². The fourth-order valence-electron chi connectivity index (χ4n) is 2.20. The first-order valence-electron chi connectivity index (χ1n) is 7.53. The largest absolute Gasteiger partial charge is 0.392 e. The van der Waals surface area contributed by atoms with Crippen LogP contribution >= 0.6 is 11.6 Å². The summed E-state index contributed by atoms with van der Waals surface area (Å²) in [5, 5.41) is 15.0. The third-order valence-corrected chi connectivity index (χ3v) is 3.93. The summed E-state index contributed by atoms with van der Waals surface area (Å²) in [4.78, 5) is 24.3. The molecule has 1 atom stereocenters. The Kier molecular flexibility index (Phi) is 6.35. The van der Waals surface area contributed by atoms with Gasteiger partial charge >= 0.3 is 0 Å². The van der Waals surface area contributed by atoms with Gasteiger partial charge in [0.15, 0.2) is 0 Å². The Morgan fingerprint density at radius 1 is 1.08 bits per heavy atom. The summed E-state index contributed by atoms with van der Waals surface area (Å²) in [5.41, 5.74) is 1.91. The minimum absolute atomic E-state index is 0.0924. The normalized spacial score (nSPS) is 11.6. The second kappa shape index (κ2) is 8.47. The predicted octanol–water partition coefficient (Wildman–Crippen LogP) is 2.27. The van der Waals surface area contributed by atoms with E-state index in [1.165, 1.54) is 0 Å². The zero-order chi connectivity index (χ0) is 17.5. The van der Waals surface area contributed by atoms with Gasteiger partial charge in [-0.2, -0.15) is 0 Å². The highest BCUT2D eigenvalue weighted by molar-refractivity contribution is 6.33. The van der Waals surface area contributed by atoms with E-state index in [2.05, 4.69) is 10.6 Å². The molecule has 0 spiro atoms.